The van der Waals surface area contributed by atoms with Gasteiger partial charge in [-0.15, -0.1) is 0 Å². The number of carbonyl (C=O) groups excluding carboxylic acids is 4. The first-order valence-electron chi connectivity index (χ1n) is 17.9. The molecule has 0 bridgehead atoms. The molecule has 0 heterocycles. The molecular formula is C43H50N2O10. The van der Waals surface area contributed by atoms with Gasteiger partial charge in [-0.3, -0.25) is 0 Å². The number of ether oxygens (including phenoxy) is 6. The van der Waals surface area contributed by atoms with Gasteiger partial charge in [-0.05, 0) is 88.1 Å². The Morgan fingerprint density at radius 3 is 1.58 bits per heavy atom. The molecular weight excluding hydrogens is 704 g/mol. The number of hydrogen-bond acceptors (Lipinski definition) is 10. The van der Waals surface area contributed by atoms with Crippen molar-refractivity contribution in [2.75, 3.05) is 7.11 Å². The predicted octanol–water partition coefficient (Wildman–Crippen LogP) is 7.85. The van der Waals surface area contributed by atoms with Crippen molar-refractivity contribution in [2.45, 2.75) is 90.9 Å². The molecule has 2 N–H and O–H groups in total. The zero-order valence-electron chi connectivity index (χ0n) is 32.4. The molecule has 0 unspecified atom stereocenters. The van der Waals surface area contributed by atoms with Crippen LogP contribution in [0.15, 0.2) is 103 Å². The Balaban J connectivity index is 1.57. The second-order valence-electron chi connectivity index (χ2n) is 14.7. The van der Waals surface area contributed by atoms with Crippen molar-refractivity contribution in [3.63, 3.8) is 0 Å². The van der Waals surface area contributed by atoms with E-state index in [0.717, 1.165) is 16.7 Å². The second-order valence-corrected chi connectivity index (χ2v) is 14.7. The molecule has 292 valence electrons. The molecule has 4 aromatic rings. The molecule has 2 amide bonds. The van der Waals surface area contributed by atoms with Gasteiger partial charge in [0.05, 0.1) is 7.11 Å². The first-order valence-corrected chi connectivity index (χ1v) is 17.9. The molecule has 12 nitrogen and oxygen atoms in total. The summed E-state index contributed by atoms with van der Waals surface area (Å²) in [5, 5.41) is 5.25. The van der Waals surface area contributed by atoms with Gasteiger partial charge in [-0.25, -0.2) is 19.2 Å². The number of rotatable bonds is 15. The first-order chi connectivity index (χ1) is 26.1. The molecule has 4 aromatic carbocycles. The molecule has 0 aliphatic heterocycles. The van der Waals surface area contributed by atoms with Gasteiger partial charge in [-0.1, -0.05) is 78.9 Å². The third-order valence-corrected chi connectivity index (χ3v) is 7.65. The van der Waals surface area contributed by atoms with Crippen LogP contribution in [0.25, 0.3) is 0 Å². The van der Waals surface area contributed by atoms with E-state index >= 15 is 0 Å². The summed E-state index contributed by atoms with van der Waals surface area (Å²) in [5.74, 6) is -0.0118. The summed E-state index contributed by atoms with van der Waals surface area (Å²) in [4.78, 5) is 51.2. The van der Waals surface area contributed by atoms with Crippen molar-refractivity contribution in [2.24, 2.45) is 0 Å². The lowest BCUT2D eigenvalue weighted by Gasteiger charge is -2.23. The molecule has 0 saturated carbocycles. The van der Waals surface area contributed by atoms with Crippen molar-refractivity contribution in [3.05, 3.63) is 125 Å². The minimum absolute atomic E-state index is 0.0280. The molecule has 0 spiro atoms. The number of alkyl carbamates (subject to hydrolysis) is 2. The molecule has 12 heteroatoms. The van der Waals surface area contributed by atoms with Crippen LogP contribution in [0.1, 0.15) is 63.8 Å². The van der Waals surface area contributed by atoms with Crippen LogP contribution in [0.5, 0.6) is 17.2 Å². The summed E-state index contributed by atoms with van der Waals surface area (Å²) < 4.78 is 33.8. The lowest BCUT2D eigenvalue weighted by atomic mass is 10.0. The molecule has 55 heavy (non-hydrogen) atoms. The number of hydrogen-bond donors (Lipinski definition) is 2. The molecule has 0 aliphatic carbocycles. The van der Waals surface area contributed by atoms with Crippen LogP contribution in [0.2, 0.25) is 0 Å². The highest BCUT2D eigenvalue weighted by Crippen LogP contribution is 2.34. The maximum Gasteiger partial charge on any atom is 0.408 e. The Hall–Kier alpha value is -6.04. The van der Waals surface area contributed by atoms with Crippen molar-refractivity contribution >= 4 is 24.1 Å². The van der Waals surface area contributed by atoms with E-state index < -0.39 is 47.4 Å². The SMILES string of the molecule is COC(=O)[C@H](Cc1ccc(Oc2cc(C[C@H](NC(=O)OC(C)(C)C)C(=O)OCc3ccccc3)ccc2OCc2ccccc2)cc1)NC(=O)OC(C)(C)C. The topological polar surface area (TPSA) is 148 Å². The van der Waals surface area contributed by atoms with E-state index in [9.17, 15) is 19.2 Å². The van der Waals surface area contributed by atoms with Gasteiger partial charge in [0.15, 0.2) is 11.5 Å². The van der Waals surface area contributed by atoms with Crippen LogP contribution in [-0.2, 0) is 54.6 Å². The van der Waals surface area contributed by atoms with Gasteiger partial charge >= 0.3 is 24.1 Å². The van der Waals surface area contributed by atoms with Crippen LogP contribution >= 0.6 is 0 Å². The lowest BCUT2D eigenvalue weighted by molar-refractivity contribution is -0.147. The van der Waals surface area contributed by atoms with Crippen molar-refractivity contribution in [3.8, 4) is 17.2 Å². The highest BCUT2D eigenvalue weighted by Gasteiger charge is 2.28. The fourth-order valence-corrected chi connectivity index (χ4v) is 5.16. The Bertz CT molecular complexity index is 1870. The molecule has 2 atom stereocenters. The Kier molecular flexibility index (Phi) is 14.7. The zero-order valence-corrected chi connectivity index (χ0v) is 32.4. The Morgan fingerprint density at radius 2 is 1.05 bits per heavy atom. The zero-order chi connectivity index (χ0) is 40.0. The van der Waals surface area contributed by atoms with E-state index in [1.165, 1.54) is 7.11 Å². The molecule has 0 aromatic heterocycles. The summed E-state index contributed by atoms with van der Waals surface area (Å²) in [6.07, 6.45) is -1.30. The molecule has 0 aliphatic rings. The number of esters is 2. The quantitative estimate of drug-likeness (QED) is 0.0909. The number of methoxy groups -OCH3 is 1. The van der Waals surface area contributed by atoms with Crippen molar-refractivity contribution in [1.29, 1.82) is 0 Å². The number of benzene rings is 4. The normalized spacial score (nSPS) is 12.3. The van der Waals surface area contributed by atoms with Crippen LogP contribution in [0.3, 0.4) is 0 Å². The highest BCUT2D eigenvalue weighted by atomic mass is 16.6. The standard InChI is InChI=1S/C43H50N2O10/c1-42(2,3)54-40(48)44-34(38(46)50-7)24-29-18-21-33(22-19-29)53-37-26-32(20-23-36(37)51-27-30-14-10-8-11-15-30)25-35(45-41(49)55-43(4,5)6)39(47)52-28-31-16-12-9-13-17-31/h8-23,26,34-35H,24-25,27-28H2,1-7H3,(H,44,48)(H,45,49)/t34-,35-/m0/s1. The highest BCUT2D eigenvalue weighted by molar-refractivity contribution is 5.82. The van der Waals surface area contributed by atoms with Gasteiger partial charge in [0, 0.05) is 12.8 Å². The van der Waals surface area contributed by atoms with Crippen LogP contribution in [0.4, 0.5) is 9.59 Å². The van der Waals surface area contributed by atoms with E-state index in [1.54, 1.807) is 84.0 Å². The summed E-state index contributed by atoms with van der Waals surface area (Å²) in [6, 6.07) is 29.1. The van der Waals surface area contributed by atoms with Gasteiger partial charge in [0.25, 0.3) is 0 Å². The van der Waals surface area contributed by atoms with Gasteiger partial charge in [0.2, 0.25) is 0 Å². The smallest absolute Gasteiger partial charge is 0.408 e. The monoisotopic (exact) mass is 754 g/mol. The predicted molar refractivity (Wildman–Crippen MR) is 206 cm³/mol. The van der Waals surface area contributed by atoms with E-state index in [0.29, 0.717) is 22.8 Å². The third kappa shape index (κ3) is 14.7. The number of nitrogens with one attached hydrogen (secondary N) is 2. The van der Waals surface area contributed by atoms with E-state index in [2.05, 4.69) is 10.6 Å². The van der Waals surface area contributed by atoms with E-state index in [1.807, 2.05) is 60.7 Å². The average molecular weight is 755 g/mol. The fourth-order valence-electron chi connectivity index (χ4n) is 5.16. The summed E-state index contributed by atoms with van der Waals surface area (Å²) >= 11 is 0. The number of carbonyl (C=O) groups is 4. The maximum absolute atomic E-state index is 13.4. The summed E-state index contributed by atoms with van der Waals surface area (Å²) in [7, 11) is 1.25. The minimum atomic E-state index is -1.08. The molecule has 0 radical (unpaired) electrons. The molecule has 0 fully saturated rings. The van der Waals surface area contributed by atoms with Crippen molar-refractivity contribution < 1.29 is 47.6 Å². The van der Waals surface area contributed by atoms with Crippen molar-refractivity contribution in [1.82, 2.24) is 10.6 Å². The summed E-state index contributed by atoms with van der Waals surface area (Å²) in [5.41, 5.74) is 1.58. The van der Waals surface area contributed by atoms with Crippen LogP contribution in [-0.4, -0.2) is 54.5 Å². The largest absolute Gasteiger partial charge is 0.485 e. The van der Waals surface area contributed by atoms with Gasteiger partial charge in [0.1, 0.15) is 42.2 Å². The fraction of sp³-hybridized carbons (Fsp3) is 0.349. The Labute approximate surface area is 322 Å². The van der Waals surface area contributed by atoms with E-state index in [4.69, 9.17) is 28.4 Å². The number of amides is 2. The average Bonchev–Trinajstić information content (AvgIpc) is 3.12. The Morgan fingerprint density at radius 1 is 0.564 bits per heavy atom. The lowest BCUT2D eigenvalue weighted by Crippen LogP contribution is -2.45. The van der Waals surface area contributed by atoms with Crippen LogP contribution < -0.4 is 20.1 Å². The minimum Gasteiger partial charge on any atom is -0.485 e. The van der Waals surface area contributed by atoms with Gasteiger partial charge in [-0.2, -0.15) is 0 Å². The maximum atomic E-state index is 13.4. The van der Waals surface area contributed by atoms with Crippen LogP contribution in [0, 0.1) is 0 Å². The van der Waals surface area contributed by atoms with E-state index in [-0.39, 0.29) is 26.1 Å². The first kappa shape index (κ1) is 41.7. The second kappa shape index (κ2) is 19.3. The third-order valence-electron chi connectivity index (χ3n) is 7.65. The van der Waals surface area contributed by atoms with Gasteiger partial charge < -0.3 is 39.1 Å². The summed E-state index contributed by atoms with van der Waals surface area (Å²) in [6.45, 7) is 10.7. The molecule has 4 rings (SSSR count). The molecule has 0 saturated heterocycles.